The molecule has 284 valence electrons. The van der Waals surface area contributed by atoms with Crippen LogP contribution in [-0.4, -0.2) is 48.5 Å². The van der Waals surface area contributed by atoms with Gasteiger partial charge in [0.25, 0.3) is 11.8 Å². The van der Waals surface area contributed by atoms with Crippen LogP contribution in [0.15, 0.2) is 60.0 Å². The second-order valence-electron chi connectivity index (χ2n) is 13.7. The summed E-state index contributed by atoms with van der Waals surface area (Å²) in [7, 11) is 0. The SMILES string of the molecule is Cc1sc(-c2ccc(C(F)(F)F)cc2)nc1C1=C(O)CC(C)(C)NC1=O.Cc1sc(-c2ccc(C(F)(F)F)cc2)nc1C1=C(O)CC(C)(C)NC1=O.[Na+].[OH-]. The van der Waals surface area contributed by atoms with Crippen LogP contribution in [0.4, 0.5) is 26.3 Å². The first-order chi connectivity index (χ1) is 24.0. The summed E-state index contributed by atoms with van der Waals surface area (Å²) in [4.78, 5) is 35.0. The van der Waals surface area contributed by atoms with E-state index in [9.17, 15) is 46.1 Å². The molecule has 54 heavy (non-hydrogen) atoms. The maximum atomic E-state index is 12.7. The molecule has 2 aromatic heterocycles. The van der Waals surface area contributed by atoms with Crippen LogP contribution in [0.2, 0.25) is 0 Å². The Morgan fingerprint density at radius 2 is 0.926 bits per heavy atom. The van der Waals surface area contributed by atoms with Crippen molar-refractivity contribution < 1.29 is 81.2 Å². The van der Waals surface area contributed by atoms with Crippen LogP contribution in [0.5, 0.6) is 0 Å². The van der Waals surface area contributed by atoms with E-state index < -0.39 is 46.4 Å². The van der Waals surface area contributed by atoms with Crippen molar-refractivity contribution in [1.29, 1.82) is 0 Å². The van der Waals surface area contributed by atoms with Crippen LogP contribution in [0.1, 0.15) is 72.8 Å². The van der Waals surface area contributed by atoms with E-state index in [0.29, 0.717) is 42.3 Å². The molecule has 0 atom stereocenters. The van der Waals surface area contributed by atoms with Gasteiger partial charge in [0.15, 0.2) is 0 Å². The molecule has 5 N–H and O–H groups in total. The topological polar surface area (TPSA) is 154 Å². The van der Waals surface area contributed by atoms with E-state index in [0.717, 1.165) is 24.3 Å². The van der Waals surface area contributed by atoms with Crippen molar-refractivity contribution in [2.45, 2.75) is 77.8 Å². The van der Waals surface area contributed by atoms with Crippen molar-refractivity contribution in [3.63, 3.8) is 0 Å². The van der Waals surface area contributed by atoms with E-state index in [2.05, 4.69) is 20.6 Å². The van der Waals surface area contributed by atoms with E-state index in [4.69, 9.17) is 0 Å². The molecule has 0 saturated heterocycles. The molecule has 0 spiro atoms. The molecule has 9 nitrogen and oxygen atoms in total. The number of hydrogen-bond acceptors (Lipinski definition) is 9. The standard InChI is InChI=1S/2C18H17F3N2O2S.Na.H2O/c2*1-9-14(13-12(24)8-17(2,3)23-15(13)25)22-16(26-9)10-4-6-11(7-5-10)18(19,20)21;;/h2*4-7,24H,8H2,1-3H3,(H,23,25);;1H2/q;;+1;/p-1. The van der Waals surface area contributed by atoms with Gasteiger partial charge in [0.05, 0.1) is 22.5 Å². The molecule has 0 fully saturated rings. The Balaban J connectivity index is 0.000000280. The molecular weight excluding hydrogens is 770 g/mol. The Labute approximate surface area is 336 Å². The van der Waals surface area contributed by atoms with Gasteiger partial charge in [-0.1, -0.05) is 24.3 Å². The van der Waals surface area contributed by atoms with Gasteiger partial charge in [-0.25, -0.2) is 9.97 Å². The Hall–Kier alpha value is -3.74. The third-order valence-electron chi connectivity index (χ3n) is 8.14. The first kappa shape index (κ1) is 44.7. The summed E-state index contributed by atoms with van der Waals surface area (Å²) >= 11 is 2.52. The fourth-order valence-electron chi connectivity index (χ4n) is 5.70. The second-order valence-corrected chi connectivity index (χ2v) is 16.1. The average molecular weight is 805 g/mol. The molecule has 0 unspecified atom stereocenters. The monoisotopic (exact) mass is 804 g/mol. The van der Waals surface area contributed by atoms with Gasteiger partial charge in [0.2, 0.25) is 0 Å². The number of aromatic nitrogens is 2. The van der Waals surface area contributed by atoms with E-state index in [1.807, 2.05) is 0 Å². The molecular formula is C36H35F6N4NaO5S2. The zero-order valence-corrected chi connectivity index (χ0v) is 33.8. The Morgan fingerprint density at radius 1 is 0.630 bits per heavy atom. The van der Waals surface area contributed by atoms with Gasteiger partial charge in [0, 0.05) is 44.8 Å². The quantitative estimate of drug-likeness (QED) is 0.141. The van der Waals surface area contributed by atoms with Gasteiger partial charge in [-0.2, -0.15) is 26.3 Å². The zero-order chi connectivity index (χ0) is 38.6. The summed E-state index contributed by atoms with van der Waals surface area (Å²) in [6.45, 7) is 10.7. The van der Waals surface area contributed by atoms with Gasteiger partial charge in [-0.15, -0.1) is 22.7 Å². The summed E-state index contributed by atoms with van der Waals surface area (Å²) in [5.41, 5.74) is -0.565. The zero-order valence-electron chi connectivity index (χ0n) is 30.2. The Morgan fingerprint density at radius 3 is 1.19 bits per heavy atom. The van der Waals surface area contributed by atoms with E-state index >= 15 is 0 Å². The van der Waals surface area contributed by atoms with Crippen LogP contribution in [0.25, 0.3) is 32.3 Å². The summed E-state index contributed by atoms with van der Waals surface area (Å²) < 4.78 is 76.1. The fourth-order valence-corrected chi connectivity index (χ4v) is 7.55. The maximum absolute atomic E-state index is 12.7. The van der Waals surface area contributed by atoms with Crippen LogP contribution in [0, 0.1) is 13.8 Å². The normalized spacial score (nSPS) is 16.7. The van der Waals surface area contributed by atoms with E-state index in [-0.39, 0.29) is 70.5 Å². The Bertz CT molecular complexity index is 1950. The number of benzene rings is 2. The van der Waals surface area contributed by atoms with Gasteiger partial charge >= 0.3 is 41.9 Å². The summed E-state index contributed by atoms with van der Waals surface area (Å²) in [6, 6.07) is 9.39. The van der Waals surface area contributed by atoms with Gasteiger partial charge in [-0.3, -0.25) is 9.59 Å². The number of nitrogens with zero attached hydrogens (tertiary/aromatic N) is 2. The van der Waals surface area contributed by atoms with E-state index in [1.54, 1.807) is 41.5 Å². The molecule has 6 rings (SSSR count). The molecule has 18 heteroatoms. The fraction of sp³-hybridized carbons (Fsp3) is 0.333. The van der Waals surface area contributed by atoms with Crippen LogP contribution >= 0.6 is 22.7 Å². The first-order valence-corrected chi connectivity index (χ1v) is 17.4. The van der Waals surface area contributed by atoms with Crippen LogP contribution in [0.3, 0.4) is 0 Å². The minimum absolute atomic E-state index is 0. The third-order valence-corrected chi connectivity index (χ3v) is 10.2. The van der Waals surface area contributed by atoms with Gasteiger partial charge < -0.3 is 26.3 Å². The number of carbonyl (C=O) groups is 2. The number of alkyl halides is 6. The number of aryl methyl sites for hydroxylation is 2. The third kappa shape index (κ3) is 9.92. The maximum Gasteiger partial charge on any atom is 1.00 e. The van der Waals surface area contributed by atoms with Crippen LogP contribution in [-0.2, 0) is 21.9 Å². The number of halogens is 6. The molecule has 0 radical (unpaired) electrons. The second kappa shape index (κ2) is 16.2. The molecule has 4 aromatic rings. The largest absolute Gasteiger partial charge is 1.00 e. The number of thiazole rings is 2. The predicted molar refractivity (Wildman–Crippen MR) is 189 cm³/mol. The number of amides is 2. The van der Waals surface area contributed by atoms with Crippen molar-refractivity contribution in [2.75, 3.05) is 0 Å². The molecule has 2 aromatic carbocycles. The summed E-state index contributed by atoms with van der Waals surface area (Å²) in [5, 5.41) is 27.2. The smallest absolute Gasteiger partial charge is 0.870 e. The average Bonchev–Trinajstić information content (AvgIpc) is 3.57. The van der Waals surface area contributed by atoms with Crippen molar-refractivity contribution in [2.24, 2.45) is 0 Å². The number of rotatable bonds is 4. The molecule has 4 heterocycles. The predicted octanol–water partition coefficient (Wildman–Crippen LogP) is 6.24. The van der Waals surface area contributed by atoms with Crippen molar-refractivity contribution >= 4 is 45.6 Å². The number of carbonyl (C=O) groups excluding carboxylic acids is 2. The number of nitrogens with one attached hydrogen (secondary N) is 2. The molecule has 2 amide bonds. The van der Waals surface area contributed by atoms with Gasteiger partial charge in [-0.05, 0) is 65.8 Å². The molecule has 0 aliphatic carbocycles. The van der Waals surface area contributed by atoms with Gasteiger partial charge in [0.1, 0.15) is 32.7 Å². The number of aliphatic hydroxyl groups excluding tert-OH is 2. The Kier molecular flexibility index (Phi) is 13.4. The van der Waals surface area contributed by atoms with Crippen LogP contribution < -0.4 is 40.2 Å². The summed E-state index contributed by atoms with van der Waals surface area (Å²) in [6.07, 6.45) is -8.24. The molecule has 2 aliphatic heterocycles. The minimum Gasteiger partial charge on any atom is -0.870 e. The molecule has 0 bridgehead atoms. The minimum atomic E-state index is -4.40. The summed E-state index contributed by atoms with van der Waals surface area (Å²) in [5.74, 6) is -0.894. The van der Waals surface area contributed by atoms with Crippen molar-refractivity contribution in [3.8, 4) is 21.1 Å². The number of aliphatic hydroxyl groups is 2. The van der Waals surface area contributed by atoms with Crippen molar-refractivity contribution in [1.82, 2.24) is 20.6 Å². The van der Waals surface area contributed by atoms with E-state index in [1.165, 1.54) is 46.9 Å². The number of hydrogen-bond donors (Lipinski definition) is 4. The first-order valence-electron chi connectivity index (χ1n) is 15.8. The van der Waals surface area contributed by atoms with Crippen molar-refractivity contribution in [3.05, 3.63) is 92.3 Å². The molecule has 0 saturated carbocycles. The molecule has 2 aliphatic rings.